The minimum atomic E-state index is -4.64. The van der Waals surface area contributed by atoms with Crippen LogP contribution < -0.4 is 10.1 Å². The highest BCUT2D eigenvalue weighted by Crippen LogP contribution is 2.31. The van der Waals surface area contributed by atoms with Crippen molar-refractivity contribution >= 4 is 5.69 Å². The van der Waals surface area contributed by atoms with Crippen LogP contribution in [-0.2, 0) is 0 Å². The van der Waals surface area contributed by atoms with E-state index in [2.05, 4.69) is 15.0 Å². The van der Waals surface area contributed by atoms with E-state index in [0.717, 1.165) is 25.6 Å². The number of alkyl halides is 3. The monoisotopic (exact) mass is 286 g/mol. The van der Waals surface area contributed by atoms with Crippen molar-refractivity contribution in [3.05, 3.63) is 24.3 Å². The highest BCUT2D eigenvalue weighted by molar-refractivity contribution is 5.49. The van der Waals surface area contributed by atoms with Crippen LogP contribution in [0.4, 0.5) is 18.9 Å². The van der Waals surface area contributed by atoms with Crippen LogP contribution in [0.25, 0.3) is 0 Å². The van der Waals surface area contributed by atoms with Gasteiger partial charge in [0.15, 0.2) is 0 Å². The first kappa shape index (κ1) is 13.5. The Balaban J connectivity index is 1.58. The van der Waals surface area contributed by atoms with E-state index >= 15 is 0 Å². The number of nitrogens with one attached hydrogen (secondary N) is 1. The largest absolute Gasteiger partial charge is 0.573 e. The number of rotatable bonds is 4. The molecule has 1 aromatic carbocycles. The molecule has 1 unspecified atom stereocenters. The minimum Gasteiger partial charge on any atom is -0.406 e. The number of hydrogen-bond acceptors (Lipinski definition) is 3. The molecule has 6 heteroatoms. The van der Waals surface area contributed by atoms with E-state index in [0.29, 0.717) is 11.7 Å². The molecule has 1 aliphatic carbocycles. The summed E-state index contributed by atoms with van der Waals surface area (Å²) < 4.78 is 40.5. The number of likely N-dealkylation sites (tertiary alicyclic amines) is 1. The van der Waals surface area contributed by atoms with Gasteiger partial charge in [0.1, 0.15) is 5.75 Å². The summed E-state index contributed by atoms with van der Waals surface area (Å²) in [6.45, 7) is 2.04. The molecule has 0 radical (unpaired) electrons. The van der Waals surface area contributed by atoms with Gasteiger partial charge in [-0.25, -0.2) is 0 Å². The minimum absolute atomic E-state index is 0.181. The van der Waals surface area contributed by atoms with E-state index in [1.165, 1.54) is 25.0 Å². The van der Waals surface area contributed by atoms with Crippen molar-refractivity contribution < 1.29 is 17.9 Å². The molecular formula is C14H17F3N2O. The zero-order valence-corrected chi connectivity index (χ0v) is 11.0. The summed E-state index contributed by atoms with van der Waals surface area (Å²) in [6, 6.07) is 7.08. The number of nitrogens with zero attached hydrogens (tertiary/aromatic N) is 1. The van der Waals surface area contributed by atoms with Gasteiger partial charge >= 0.3 is 6.36 Å². The average Bonchev–Trinajstić information content (AvgIpc) is 3.09. The van der Waals surface area contributed by atoms with Crippen LogP contribution in [0, 0.1) is 0 Å². The maximum Gasteiger partial charge on any atom is 0.573 e. The molecule has 0 spiro atoms. The number of anilines is 1. The van der Waals surface area contributed by atoms with E-state index in [9.17, 15) is 13.2 Å². The lowest BCUT2D eigenvalue weighted by molar-refractivity contribution is -0.274. The third-order valence-corrected chi connectivity index (χ3v) is 3.72. The van der Waals surface area contributed by atoms with Crippen LogP contribution >= 0.6 is 0 Å². The molecule has 1 saturated heterocycles. The summed E-state index contributed by atoms with van der Waals surface area (Å²) in [4.78, 5) is 2.45. The number of benzene rings is 1. The van der Waals surface area contributed by atoms with E-state index in [1.54, 1.807) is 12.1 Å². The van der Waals surface area contributed by atoms with Gasteiger partial charge in [0, 0.05) is 36.9 Å². The molecule has 20 heavy (non-hydrogen) atoms. The Labute approximate surface area is 115 Å². The lowest BCUT2D eigenvalue weighted by atomic mass is 10.2. The molecule has 110 valence electrons. The van der Waals surface area contributed by atoms with Crippen LogP contribution in [-0.4, -0.2) is 36.4 Å². The zero-order chi connectivity index (χ0) is 14.2. The fraction of sp³-hybridized carbons (Fsp3) is 0.571. The Bertz CT molecular complexity index is 474. The fourth-order valence-corrected chi connectivity index (χ4v) is 2.70. The van der Waals surface area contributed by atoms with Crippen molar-refractivity contribution in [2.45, 2.75) is 37.7 Å². The van der Waals surface area contributed by atoms with Gasteiger partial charge in [-0.05, 0) is 31.4 Å². The highest BCUT2D eigenvalue weighted by Gasteiger charge is 2.34. The van der Waals surface area contributed by atoms with Gasteiger partial charge in [-0.3, -0.25) is 4.90 Å². The van der Waals surface area contributed by atoms with Crippen LogP contribution in [0.5, 0.6) is 5.75 Å². The van der Waals surface area contributed by atoms with Gasteiger partial charge in [0.2, 0.25) is 0 Å². The molecule has 1 aromatic rings. The summed E-state index contributed by atoms with van der Waals surface area (Å²) in [7, 11) is 0. The summed E-state index contributed by atoms with van der Waals surface area (Å²) in [6.07, 6.45) is -1.06. The molecule has 3 rings (SSSR count). The summed E-state index contributed by atoms with van der Waals surface area (Å²) in [5.74, 6) is -0.181. The molecule has 1 atom stereocenters. The second kappa shape index (κ2) is 5.16. The van der Waals surface area contributed by atoms with Crippen molar-refractivity contribution in [1.82, 2.24) is 4.90 Å². The molecule has 0 bridgehead atoms. The normalized spacial score (nSPS) is 23.9. The highest BCUT2D eigenvalue weighted by atomic mass is 19.4. The standard InChI is InChI=1S/C14H17F3N2O/c15-14(16,17)20-13-3-1-2-10(8-13)18-11-6-7-19(9-11)12-4-5-12/h1-3,8,11-12,18H,4-7,9H2. The number of hydrogen-bond donors (Lipinski definition) is 1. The van der Waals surface area contributed by atoms with Crippen LogP contribution in [0.2, 0.25) is 0 Å². The maximum atomic E-state index is 12.2. The quantitative estimate of drug-likeness (QED) is 0.919. The summed E-state index contributed by atoms with van der Waals surface area (Å²) in [5, 5.41) is 3.29. The molecule has 0 amide bonds. The SMILES string of the molecule is FC(F)(F)Oc1cccc(NC2CCN(C3CC3)C2)c1. The van der Waals surface area contributed by atoms with Crippen LogP contribution in [0.1, 0.15) is 19.3 Å². The van der Waals surface area contributed by atoms with Gasteiger partial charge in [0.25, 0.3) is 0 Å². The molecule has 0 aromatic heterocycles. The summed E-state index contributed by atoms with van der Waals surface area (Å²) >= 11 is 0. The molecule has 1 saturated carbocycles. The second-order valence-corrected chi connectivity index (χ2v) is 5.43. The molecule has 2 fully saturated rings. The van der Waals surface area contributed by atoms with Gasteiger partial charge < -0.3 is 10.1 Å². The van der Waals surface area contributed by atoms with E-state index in [1.807, 2.05) is 0 Å². The van der Waals surface area contributed by atoms with Crippen LogP contribution in [0.3, 0.4) is 0 Å². The van der Waals surface area contributed by atoms with E-state index in [4.69, 9.17) is 0 Å². The van der Waals surface area contributed by atoms with Crippen molar-refractivity contribution in [3.63, 3.8) is 0 Å². The fourth-order valence-electron chi connectivity index (χ4n) is 2.70. The Morgan fingerprint density at radius 1 is 1.20 bits per heavy atom. The second-order valence-electron chi connectivity index (χ2n) is 5.43. The van der Waals surface area contributed by atoms with E-state index < -0.39 is 6.36 Å². The third-order valence-electron chi connectivity index (χ3n) is 3.72. The lowest BCUT2D eigenvalue weighted by Gasteiger charge is -2.17. The first-order valence-corrected chi connectivity index (χ1v) is 6.86. The molecule has 2 aliphatic rings. The first-order valence-electron chi connectivity index (χ1n) is 6.86. The smallest absolute Gasteiger partial charge is 0.406 e. The van der Waals surface area contributed by atoms with Crippen LogP contribution in [0.15, 0.2) is 24.3 Å². The van der Waals surface area contributed by atoms with Gasteiger partial charge in [-0.15, -0.1) is 13.2 Å². The number of halogens is 3. The molecular weight excluding hydrogens is 269 g/mol. The van der Waals surface area contributed by atoms with Gasteiger partial charge in [-0.1, -0.05) is 6.07 Å². The predicted octanol–water partition coefficient (Wildman–Crippen LogP) is 3.23. The Kier molecular flexibility index (Phi) is 3.50. The van der Waals surface area contributed by atoms with Crippen molar-refractivity contribution in [1.29, 1.82) is 0 Å². The van der Waals surface area contributed by atoms with Gasteiger partial charge in [0.05, 0.1) is 0 Å². The van der Waals surface area contributed by atoms with Crippen molar-refractivity contribution in [2.24, 2.45) is 0 Å². The topological polar surface area (TPSA) is 24.5 Å². The molecule has 3 nitrogen and oxygen atoms in total. The van der Waals surface area contributed by atoms with E-state index in [-0.39, 0.29) is 5.75 Å². The Hall–Kier alpha value is -1.43. The van der Waals surface area contributed by atoms with Crippen molar-refractivity contribution in [2.75, 3.05) is 18.4 Å². The maximum absolute atomic E-state index is 12.2. The van der Waals surface area contributed by atoms with Crippen molar-refractivity contribution in [3.8, 4) is 5.75 Å². The molecule has 1 aliphatic heterocycles. The summed E-state index contributed by atoms with van der Waals surface area (Å²) in [5.41, 5.74) is 0.675. The third kappa shape index (κ3) is 3.56. The number of ether oxygens (including phenoxy) is 1. The first-order chi connectivity index (χ1) is 9.49. The molecule has 1 heterocycles. The Morgan fingerprint density at radius 3 is 2.70 bits per heavy atom. The Morgan fingerprint density at radius 2 is 2.00 bits per heavy atom. The predicted molar refractivity (Wildman–Crippen MR) is 69.7 cm³/mol. The average molecular weight is 286 g/mol. The lowest BCUT2D eigenvalue weighted by Crippen LogP contribution is -2.27. The zero-order valence-electron chi connectivity index (χ0n) is 11.0. The van der Waals surface area contributed by atoms with Gasteiger partial charge in [-0.2, -0.15) is 0 Å². The molecule has 1 N–H and O–H groups in total.